The van der Waals surface area contributed by atoms with Crippen molar-refractivity contribution in [2.75, 3.05) is 0 Å². The molecule has 5 heteroatoms. The van der Waals surface area contributed by atoms with Crippen molar-refractivity contribution in [3.8, 4) is 22.5 Å². The van der Waals surface area contributed by atoms with Crippen molar-refractivity contribution in [1.29, 1.82) is 0 Å². The summed E-state index contributed by atoms with van der Waals surface area (Å²) in [6.07, 6.45) is 11.5. The number of rotatable bonds is 2. The topological polar surface area (TPSA) is 33.8 Å². The number of fused-ring (bicyclic) bond motifs is 15. The molecule has 0 spiro atoms. The Bertz CT molecular complexity index is 2410. The fourth-order valence-electron chi connectivity index (χ4n) is 9.64. The molecule has 0 saturated heterocycles. The minimum Gasteiger partial charge on any atom is -0.437 e. The lowest BCUT2D eigenvalue weighted by Gasteiger charge is -2.32. The Morgan fingerprint density at radius 1 is 0.940 bits per heavy atom. The zero-order chi connectivity index (χ0) is 34.6. The molecule has 252 valence electrons. The average molecular weight is 676 g/mol. The minimum absolute atomic E-state index is 0.0764. The molecule has 0 N–H and O–H groups in total. The molecule has 0 saturated carbocycles. The van der Waals surface area contributed by atoms with Gasteiger partial charge in [-0.1, -0.05) is 57.8 Å². The zero-order valence-electron chi connectivity index (χ0n) is 30.8. The fraction of sp³-hybridized carbons (Fsp3) is 0.356. The van der Waals surface area contributed by atoms with Crippen LogP contribution < -0.4 is 14.3 Å². The standard InChI is InChI=1S/C45H49N3OSi/c1-26(2)37-24-38-34-16-12-11-15-33(34)35-20-18-31-23-27(3)40-36-19-17-28(4)46-45(36)49-44(40)41(31)43-32-14-10-9-13-30(32)21-22-47(43)29(5)42(35)48(38)25-39(37)50(6,7)8/h11-12,15-17,19,21-26,35,42H,5,9-10,13-14,18,20H2,1-4,6-8H3/q+2. The summed E-state index contributed by atoms with van der Waals surface area (Å²) < 4.78 is 12.0. The highest BCUT2D eigenvalue weighted by Gasteiger charge is 2.49. The van der Waals surface area contributed by atoms with Crippen molar-refractivity contribution in [2.24, 2.45) is 0 Å². The number of pyridine rings is 3. The van der Waals surface area contributed by atoms with Crippen LogP contribution in [0, 0.1) is 13.8 Å². The normalized spacial score (nSPS) is 18.4. The quantitative estimate of drug-likeness (QED) is 0.135. The second kappa shape index (κ2) is 11.3. The molecule has 3 aliphatic rings. The van der Waals surface area contributed by atoms with Crippen LogP contribution in [-0.2, 0) is 19.3 Å². The fourth-order valence-corrected chi connectivity index (χ4v) is 11.4. The lowest BCUT2D eigenvalue weighted by Crippen LogP contribution is -2.57. The number of aromatic nitrogens is 3. The highest BCUT2D eigenvalue weighted by atomic mass is 28.3. The second-order valence-electron chi connectivity index (χ2n) is 16.6. The van der Waals surface area contributed by atoms with Gasteiger partial charge in [0, 0.05) is 44.9 Å². The molecule has 4 aromatic heterocycles. The van der Waals surface area contributed by atoms with Crippen LogP contribution in [0.15, 0.2) is 78.0 Å². The van der Waals surface area contributed by atoms with Crippen LogP contribution in [0.4, 0.5) is 0 Å². The van der Waals surface area contributed by atoms with Gasteiger partial charge in [0.1, 0.15) is 0 Å². The van der Waals surface area contributed by atoms with Gasteiger partial charge in [-0.15, -0.1) is 0 Å². The van der Waals surface area contributed by atoms with Gasteiger partial charge >= 0.3 is 0 Å². The number of hydrogen-bond acceptors (Lipinski definition) is 2. The largest absolute Gasteiger partial charge is 0.437 e. The Morgan fingerprint density at radius 3 is 2.54 bits per heavy atom. The van der Waals surface area contributed by atoms with Crippen molar-refractivity contribution >= 4 is 41.0 Å². The number of hydrogen-bond donors (Lipinski definition) is 0. The molecule has 9 rings (SSSR count). The van der Waals surface area contributed by atoms with Crippen LogP contribution >= 0.6 is 0 Å². The van der Waals surface area contributed by atoms with Crippen LogP contribution in [-0.4, -0.2) is 13.1 Å². The van der Waals surface area contributed by atoms with E-state index in [9.17, 15) is 0 Å². The van der Waals surface area contributed by atoms with Crippen LogP contribution in [0.2, 0.25) is 19.6 Å². The van der Waals surface area contributed by atoms with Crippen LogP contribution in [0.25, 0.3) is 50.3 Å². The van der Waals surface area contributed by atoms with Gasteiger partial charge in [-0.3, -0.25) is 0 Å². The highest BCUT2D eigenvalue weighted by Crippen LogP contribution is 2.48. The number of aryl methyl sites for hydroxylation is 4. The van der Waals surface area contributed by atoms with Gasteiger partial charge in [0.2, 0.25) is 28.8 Å². The highest BCUT2D eigenvalue weighted by molar-refractivity contribution is 6.89. The molecule has 50 heavy (non-hydrogen) atoms. The van der Waals surface area contributed by atoms with Crippen LogP contribution in [0.1, 0.15) is 90.1 Å². The lowest BCUT2D eigenvalue weighted by molar-refractivity contribution is -0.726. The third kappa shape index (κ3) is 4.65. The Labute approximate surface area is 297 Å². The Hall–Kier alpha value is -4.35. The van der Waals surface area contributed by atoms with Gasteiger partial charge < -0.3 is 4.42 Å². The van der Waals surface area contributed by atoms with E-state index in [4.69, 9.17) is 16.0 Å². The predicted molar refractivity (Wildman–Crippen MR) is 208 cm³/mol. The summed E-state index contributed by atoms with van der Waals surface area (Å²) in [6.45, 7) is 21.6. The maximum absolute atomic E-state index is 6.90. The summed E-state index contributed by atoms with van der Waals surface area (Å²) in [5, 5.41) is 3.86. The van der Waals surface area contributed by atoms with Crippen molar-refractivity contribution in [3.05, 3.63) is 113 Å². The van der Waals surface area contributed by atoms with E-state index in [1.807, 2.05) is 6.92 Å². The summed E-state index contributed by atoms with van der Waals surface area (Å²) in [5.41, 5.74) is 17.6. The zero-order valence-corrected chi connectivity index (χ0v) is 31.8. The van der Waals surface area contributed by atoms with Crippen LogP contribution in [0.5, 0.6) is 0 Å². The van der Waals surface area contributed by atoms with Crippen LogP contribution in [0.3, 0.4) is 0 Å². The van der Waals surface area contributed by atoms with E-state index in [0.29, 0.717) is 5.92 Å². The molecular formula is C45H49N3OSi+2. The molecule has 2 aromatic carbocycles. The average Bonchev–Trinajstić information content (AvgIpc) is 3.49. The minimum atomic E-state index is -1.68. The smallest absolute Gasteiger partial charge is 0.249 e. The van der Waals surface area contributed by atoms with E-state index in [1.165, 1.54) is 74.1 Å². The molecule has 6 aromatic rings. The maximum Gasteiger partial charge on any atom is 0.249 e. The SMILES string of the molecule is C=C1C2C(CCc3cc(C)c4c(oc5nc(C)ccc54)c3-c3c4c(cc[n+]31)CCCC4)c1ccccc1-c1cc(C(C)C)c([Si](C)(C)C)c[n+]12. The summed E-state index contributed by atoms with van der Waals surface area (Å²) in [7, 11) is -1.68. The van der Waals surface area contributed by atoms with E-state index >= 15 is 0 Å². The summed E-state index contributed by atoms with van der Waals surface area (Å²) in [4.78, 5) is 4.89. The van der Waals surface area contributed by atoms with E-state index < -0.39 is 8.07 Å². The molecule has 0 amide bonds. The third-order valence-electron chi connectivity index (χ3n) is 12.0. The van der Waals surface area contributed by atoms with Crippen molar-refractivity contribution in [3.63, 3.8) is 0 Å². The Morgan fingerprint density at radius 2 is 1.74 bits per heavy atom. The first-order valence-corrected chi connectivity index (χ1v) is 22.3. The first-order chi connectivity index (χ1) is 24.0. The number of benzene rings is 2. The third-order valence-corrected chi connectivity index (χ3v) is 14.0. The molecule has 0 fully saturated rings. The molecule has 1 aliphatic carbocycles. The Kier molecular flexibility index (Phi) is 7.16. The molecule has 0 radical (unpaired) electrons. The molecule has 0 bridgehead atoms. The molecule has 2 unspecified atom stereocenters. The summed E-state index contributed by atoms with van der Waals surface area (Å²) in [5.74, 6) is 0.731. The number of furan rings is 1. The van der Waals surface area contributed by atoms with Crippen molar-refractivity contribution in [2.45, 2.75) is 104 Å². The predicted octanol–water partition coefficient (Wildman–Crippen LogP) is 9.81. The van der Waals surface area contributed by atoms with Gasteiger partial charge in [-0.05, 0) is 111 Å². The van der Waals surface area contributed by atoms with Gasteiger partial charge in [-0.25, -0.2) is 4.98 Å². The first kappa shape index (κ1) is 31.6. The number of nitrogens with zero attached hydrogens (tertiary/aromatic N) is 3. The molecule has 4 nitrogen and oxygen atoms in total. The van der Waals surface area contributed by atoms with Gasteiger partial charge in [0.25, 0.3) is 0 Å². The van der Waals surface area contributed by atoms with E-state index in [-0.39, 0.29) is 12.0 Å². The van der Waals surface area contributed by atoms with Crippen molar-refractivity contribution in [1.82, 2.24) is 4.98 Å². The van der Waals surface area contributed by atoms with Gasteiger partial charge in [-0.2, -0.15) is 9.13 Å². The van der Waals surface area contributed by atoms with Gasteiger partial charge in [0.15, 0.2) is 18.0 Å². The lowest BCUT2D eigenvalue weighted by atomic mass is 9.78. The molecule has 2 atom stereocenters. The van der Waals surface area contributed by atoms with Crippen molar-refractivity contribution < 1.29 is 13.6 Å². The van der Waals surface area contributed by atoms with E-state index in [1.54, 1.807) is 5.19 Å². The summed E-state index contributed by atoms with van der Waals surface area (Å²) in [6, 6.07) is 21.0. The maximum atomic E-state index is 6.90. The first-order valence-electron chi connectivity index (χ1n) is 18.8. The van der Waals surface area contributed by atoms with E-state index in [2.05, 4.69) is 117 Å². The molecule has 2 aliphatic heterocycles. The summed E-state index contributed by atoms with van der Waals surface area (Å²) >= 11 is 0. The molecule has 6 heterocycles. The van der Waals surface area contributed by atoms with E-state index in [0.717, 1.165) is 53.8 Å². The molecular weight excluding hydrogens is 627 g/mol. The monoisotopic (exact) mass is 675 g/mol. The number of allylic oxidation sites excluding steroid dienone is 1. The second-order valence-corrected chi connectivity index (χ2v) is 21.6. The Balaban J connectivity index is 1.38. The van der Waals surface area contributed by atoms with Gasteiger partial charge in [0.05, 0.1) is 19.6 Å².